The lowest BCUT2D eigenvalue weighted by Gasteiger charge is -1.85. The van der Waals surface area contributed by atoms with Crippen LogP contribution in [0.3, 0.4) is 0 Å². The summed E-state index contributed by atoms with van der Waals surface area (Å²) in [6, 6.07) is 10.0. The first-order chi connectivity index (χ1) is 5.66. The molecule has 0 atom stereocenters. The molecule has 0 saturated heterocycles. The Morgan fingerprint density at radius 3 is 2.08 bits per heavy atom. The minimum atomic E-state index is -1.50. The Labute approximate surface area is 69.9 Å². The molecule has 0 radical (unpaired) electrons. The lowest BCUT2D eigenvalue weighted by molar-refractivity contribution is -0.742. The quantitative estimate of drug-likeness (QED) is 0.513. The Hall–Kier alpha value is -1.84. The molecule has 0 aliphatic rings. The van der Waals surface area contributed by atoms with Crippen LogP contribution in [-0.2, 0) is 0 Å². The van der Waals surface area contributed by atoms with E-state index in [2.05, 4.69) is 6.58 Å². The maximum absolute atomic E-state index is 8.36. The van der Waals surface area contributed by atoms with Crippen molar-refractivity contribution in [1.82, 2.24) is 0 Å². The standard InChI is InChI=1S/C8H8.HNO3/c1-2-8-6-4-3-5-7-8;2-1(3)4/h2-7H,1H2;(H,2,3,4). The average Bonchev–Trinajstić information content (AvgIpc) is 2.05. The molecular weight excluding hydrogens is 158 g/mol. The summed E-state index contributed by atoms with van der Waals surface area (Å²) in [6.45, 7) is 3.63. The summed E-state index contributed by atoms with van der Waals surface area (Å²) >= 11 is 0. The van der Waals surface area contributed by atoms with Crippen molar-refractivity contribution < 1.29 is 10.3 Å². The molecule has 1 rings (SSSR count). The normalized spacial score (nSPS) is 7.67. The molecular formula is C8H9NO3. The topological polar surface area (TPSA) is 63.4 Å². The van der Waals surface area contributed by atoms with Gasteiger partial charge in [-0.2, -0.15) is 0 Å². The van der Waals surface area contributed by atoms with E-state index in [-0.39, 0.29) is 0 Å². The molecule has 4 heteroatoms. The summed E-state index contributed by atoms with van der Waals surface area (Å²) in [5.74, 6) is 0. The summed E-state index contributed by atoms with van der Waals surface area (Å²) in [6.07, 6.45) is 1.83. The van der Waals surface area contributed by atoms with Crippen LogP contribution < -0.4 is 0 Å². The van der Waals surface area contributed by atoms with Gasteiger partial charge in [0.1, 0.15) is 0 Å². The molecule has 0 heterocycles. The molecule has 1 aromatic carbocycles. The van der Waals surface area contributed by atoms with Crippen LogP contribution in [0.1, 0.15) is 5.56 Å². The fraction of sp³-hybridized carbons (Fsp3) is 0. The molecule has 64 valence electrons. The van der Waals surface area contributed by atoms with Gasteiger partial charge in [0, 0.05) is 0 Å². The molecule has 0 saturated carbocycles. The number of hydrogen-bond acceptors (Lipinski definition) is 2. The van der Waals surface area contributed by atoms with E-state index in [9.17, 15) is 0 Å². The van der Waals surface area contributed by atoms with Crippen molar-refractivity contribution >= 4 is 6.08 Å². The van der Waals surface area contributed by atoms with Gasteiger partial charge in [-0.3, -0.25) is 0 Å². The van der Waals surface area contributed by atoms with Crippen LogP contribution in [0.15, 0.2) is 36.9 Å². The zero-order valence-electron chi connectivity index (χ0n) is 6.38. The summed E-state index contributed by atoms with van der Waals surface area (Å²) in [5, 5.41) is 13.6. The Bertz CT molecular complexity index is 242. The van der Waals surface area contributed by atoms with Gasteiger partial charge in [-0.15, -0.1) is 10.1 Å². The van der Waals surface area contributed by atoms with Crippen LogP contribution in [0.2, 0.25) is 0 Å². The predicted molar refractivity (Wildman–Crippen MR) is 45.3 cm³/mol. The molecule has 0 aromatic heterocycles. The van der Waals surface area contributed by atoms with Gasteiger partial charge in [-0.25, -0.2) is 0 Å². The second kappa shape index (κ2) is 5.91. The minimum absolute atomic E-state index is 1.17. The maximum atomic E-state index is 8.36. The molecule has 4 nitrogen and oxygen atoms in total. The van der Waals surface area contributed by atoms with E-state index in [1.54, 1.807) is 0 Å². The van der Waals surface area contributed by atoms with Crippen LogP contribution in [0.25, 0.3) is 6.08 Å². The van der Waals surface area contributed by atoms with Crippen LogP contribution in [0, 0.1) is 10.1 Å². The molecule has 0 aliphatic carbocycles. The molecule has 1 N–H and O–H groups in total. The molecule has 12 heavy (non-hydrogen) atoms. The van der Waals surface area contributed by atoms with E-state index in [1.807, 2.05) is 36.4 Å². The Morgan fingerprint density at radius 2 is 1.83 bits per heavy atom. The number of nitrogens with zero attached hydrogens (tertiary/aromatic N) is 1. The SMILES string of the molecule is C=Cc1ccccc1.O=[N+]([O-])O. The molecule has 0 aliphatic heterocycles. The molecule has 0 unspecified atom stereocenters. The highest BCUT2D eigenvalue weighted by atomic mass is 16.9. The number of benzene rings is 1. The van der Waals surface area contributed by atoms with Crippen molar-refractivity contribution in [1.29, 1.82) is 0 Å². The van der Waals surface area contributed by atoms with E-state index in [0.717, 1.165) is 0 Å². The number of hydrogen-bond donors (Lipinski definition) is 1. The lowest BCUT2D eigenvalue weighted by atomic mass is 10.2. The van der Waals surface area contributed by atoms with Crippen molar-refractivity contribution in [2.45, 2.75) is 0 Å². The molecule has 0 spiro atoms. The van der Waals surface area contributed by atoms with Crippen LogP contribution in [0.5, 0.6) is 0 Å². The highest BCUT2D eigenvalue weighted by Gasteiger charge is 1.75. The first kappa shape index (κ1) is 10.2. The zero-order chi connectivity index (χ0) is 9.40. The van der Waals surface area contributed by atoms with Gasteiger partial charge < -0.3 is 5.21 Å². The van der Waals surface area contributed by atoms with E-state index < -0.39 is 5.09 Å². The Balaban J connectivity index is 0.000000261. The fourth-order valence-electron chi connectivity index (χ4n) is 0.589. The van der Waals surface area contributed by atoms with Gasteiger partial charge in [0.15, 0.2) is 0 Å². The van der Waals surface area contributed by atoms with Crippen molar-refractivity contribution in [3.63, 3.8) is 0 Å². The third kappa shape index (κ3) is 6.28. The third-order valence-corrected chi connectivity index (χ3v) is 1.04. The van der Waals surface area contributed by atoms with Gasteiger partial charge in [0.2, 0.25) is 0 Å². The summed E-state index contributed by atoms with van der Waals surface area (Å²) < 4.78 is 0. The largest absolute Gasteiger partial charge is 0.328 e. The first-order valence-electron chi connectivity index (χ1n) is 3.17. The monoisotopic (exact) mass is 167 g/mol. The van der Waals surface area contributed by atoms with Crippen LogP contribution in [-0.4, -0.2) is 10.3 Å². The van der Waals surface area contributed by atoms with E-state index in [4.69, 9.17) is 15.3 Å². The average molecular weight is 167 g/mol. The van der Waals surface area contributed by atoms with E-state index in [0.29, 0.717) is 0 Å². The van der Waals surface area contributed by atoms with Gasteiger partial charge >= 0.3 is 0 Å². The van der Waals surface area contributed by atoms with Gasteiger partial charge in [0.25, 0.3) is 5.09 Å². The summed E-state index contributed by atoms with van der Waals surface area (Å²) in [5.41, 5.74) is 1.17. The van der Waals surface area contributed by atoms with Crippen molar-refractivity contribution in [2.24, 2.45) is 0 Å². The summed E-state index contributed by atoms with van der Waals surface area (Å²) in [4.78, 5) is 8.36. The smallest absolute Gasteiger partial charge is 0.291 e. The first-order valence-corrected chi connectivity index (χ1v) is 3.17. The van der Waals surface area contributed by atoms with Crippen LogP contribution in [0.4, 0.5) is 0 Å². The minimum Gasteiger partial charge on any atom is -0.328 e. The molecule has 0 amide bonds. The van der Waals surface area contributed by atoms with Gasteiger partial charge in [0.05, 0.1) is 0 Å². The van der Waals surface area contributed by atoms with Crippen molar-refractivity contribution in [3.8, 4) is 0 Å². The molecule has 1 aromatic rings. The highest BCUT2D eigenvalue weighted by molar-refractivity contribution is 5.45. The highest BCUT2D eigenvalue weighted by Crippen LogP contribution is 1.97. The molecule has 0 bridgehead atoms. The molecule has 0 fully saturated rings. The Morgan fingerprint density at radius 1 is 1.42 bits per heavy atom. The van der Waals surface area contributed by atoms with Crippen molar-refractivity contribution in [3.05, 3.63) is 52.6 Å². The summed E-state index contributed by atoms with van der Waals surface area (Å²) in [7, 11) is 0. The Kier molecular flexibility index (Phi) is 5.00. The third-order valence-electron chi connectivity index (χ3n) is 1.04. The van der Waals surface area contributed by atoms with Gasteiger partial charge in [-0.1, -0.05) is 43.0 Å². The van der Waals surface area contributed by atoms with Crippen molar-refractivity contribution in [2.75, 3.05) is 0 Å². The van der Waals surface area contributed by atoms with E-state index in [1.165, 1.54) is 5.56 Å². The van der Waals surface area contributed by atoms with E-state index >= 15 is 0 Å². The zero-order valence-corrected chi connectivity index (χ0v) is 6.38. The van der Waals surface area contributed by atoms with Crippen LogP contribution >= 0.6 is 0 Å². The fourth-order valence-corrected chi connectivity index (χ4v) is 0.589. The van der Waals surface area contributed by atoms with Gasteiger partial charge in [-0.05, 0) is 5.56 Å². The number of rotatable bonds is 1. The predicted octanol–water partition coefficient (Wildman–Crippen LogP) is 1.98. The maximum Gasteiger partial charge on any atom is 0.291 e. The lowest BCUT2D eigenvalue weighted by Crippen LogP contribution is -1.81. The second-order valence-corrected chi connectivity index (χ2v) is 1.85. The second-order valence-electron chi connectivity index (χ2n) is 1.85.